The number of hydrogen-bond donors (Lipinski definition) is 1. The Morgan fingerprint density at radius 3 is 2.40 bits per heavy atom. The maximum Gasteiger partial charge on any atom is 0.0858 e. The van der Waals surface area contributed by atoms with Crippen LogP contribution in [0, 0.1) is 13.8 Å². The Morgan fingerprint density at radius 2 is 1.95 bits per heavy atom. The second-order valence-corrected chi connectivity index (χ2v) is 7.46. The third-order valence-corrected chi connectivity index (χ3v) is 4.32. The topological polar surface area (TPSA) is 53.1 Å². The lowest BCUT2D eigenvalue weighted by molar-refractivity contribution is -0.0739. The SMILES string of the molecule is Cc1nn(C2CC(C)(C)OC2(C)C)c(C)c1CC(C)N. The Kier molecular flexibility index (Phi) is 3.76. The number of ether oxygens (including phenoxy) is 1. The first-order valence-electron chi connectivity index (χ1n) is 7.54. The first-order chi connectivity index (χ1) is 9.03. The molecule has 0 bridgehead atoms. The summed E-state index contributed by atoms with van der Waals surface area (Å²) >= 11 is 0. The highest BCUT2D eigenvalue weighted by Gasteiger charge is 2.47. The quantitative estimate of drug-likeness (QED) is 0.925. The number of rotatable bonds is 3. The van der Waals surface area contributed by atoms with Crippen LogP contribution in [0.15, 0.2) is 0 Å². The van der Waals surface area contributed by atoms with Crippen LogP contribution in [0.4, 0.5) is 0 Å². The van der Waals surface area contributed by atoms with Crippen molar-refractivity contribution in [2.75, 3.05) is 0 Å². The van der Waals surface area contributed by atoms with Crippen LogP contribution in [0.2, 0.25) is 0 Å². The van der Waals surface area contributed by atoms with Gasteiger partial charge in [-0.15, -0.1) is 0 Å². The summed E-state index contributed by atoms with van der Waals surface area (Å²) in [5.41, 5.74) is 9.29. The fourth-order valence-corrected chi connectivity index (χ4v) is 3.53. The molecule has 20 heavy (non-hydrogen) atoms. The number of nitrogens with zero attached hydrogens (tertiary/aromatic N) is 2. The second-order valence-electron chi connectivity index (χ2n) is 7.46. The van der Waals surface area contributed by atoms with E-state index in [1.54, 1.807) is 0 Å². The van der Waals surface area contributed by atoms with E-state index in [1.165, 1.54) is 11.3 Å². The minimum Gasteiger partial charge on any atom is -0.367 e. The standard InChI is InChI=1S/C16H29N3O/c1-10(17)8-13-11(2)18-19(12(13)3)14-9-15(4,5)20-16(14,6)7/h10,14H,8-9,17H2,1-7H3. The average Bonchev–Trinajstić information content (AvgIpc) is 2.63. The molecular formula is C16H29N3O. The molecule has 1 aliphatic heterocycles. The van der Waals surface area contributed by atoms with Crippen molar-refractivity contribution in [2.45, 2.75) is 84.6 Å². The molecule has 2 atom stereocenters. The summed E-state index contributed by atoms with van der Waals surface area (Å²) in [5.74, 6) is 0. The molecule has 2 heterocycles. The first-order valence-corrected chi connectivity index (χ1v) is 7.54. The molecule has 1 aliphatic rings. The summed E-state index contributed by atoms with van der Waals surface area (Å²) in [6.07, 6.45) is 1.87. The van der Waals surface area contributed by atoms with E-state index in [9.17, 15) is 0 Å². The van der Waals surface area contributed by atoms with Crippen molar-refractivity contribution in [3.63, 3.8) is 0 Å². The molecule has 0 aromatic carbocycles. The maximum atomic E-state index is 6.20. The van der Waals surface area contributed by atoms with Crippen molar-refractivity contribution in [1.29, 1.82) is 0 Å². The van der Waals surface area contributed by atoms with E-state index in [0.29, 0.717) is 0 Å². The van der Waals surface area contributed by atoms with Gasteiger partial charge >= 0.3 is 0 Å². The molecule has 1 fully saturated rings. The van der Waals surface area contributed by atoms with Crippen molar-refractivity contribution >= 4 is 0 Å². The van der Waals surface area contributed by atoms with Gasteiger partial charge in [-0.05, 0) is 60.5 Å². The molecule has 0 amide bonds. The molecule has 4 nitrogen and oxygen atoms in total. The number of hydrogen-bond acceptors (Lipinski definition) is 3. The van der Waals surface area contributed by atoms with Gasteiger partial charge in [0, 0.05) is 18.2 Å². The van der Waals surface area contributed by atoms with Gasteiger partial charge in [-0.3, -0.25) is 4.68 Å². The normalized spacial score (nSPS) is 25.9. The molecule has 1 aromatic rings. The molecule has 4 heteroatoms. The van der Waals surface area contributed by atoms with Crippen LogP contribution in [0.1, 0.15) is 64.0 Å². The van der Waals surface area contributed by atoms with Crippen LogP contribution in [-0.2, 0) is 11.2 Å². The zero-order chi connectivity index (χ0) is 15.3. The summed E-state index contributed by atoms with van der Waals surface area (Å²) in [5, 5.41) is 4.79. The van der Waals surface area contributed by atoms with Crippen LogP contribution in [0.5, 0.6) is 0 Å². The highest BCUT2D eigenvalue weighted by molar-refractivity contribution is 5.26. The number of aromatic nitrogens is 2. The van der Waals surface area contributed by atoms with Crippen molar-refractivity contribution in [3.05, 3.63) is 17.0 Å². The lowest BCUT2D eigenvalue weighted by Crippen LogP contribution is -2.32. The maximum absolute atomic E-state index is 6.20. The van der Waals surface area contributed by atoms with Gasteiger partial charge in [0.15, 0.2) is 0 Å². The molecule has 2 N–H and O–H groups in total. The summed E-state index contributed by atoms with van der Waals surface area (Å²) in [4.78, 5) is 0. The molecule has 1 saturated heterocycles. The van der Waals surface area contributed by atoms with Gasteiger partial charge in [-0.1, -0.05) is 0 Å². The monoisotopic (exact) mass is 279 g/mol. The second kappa shape index (κ2) is 4.85. The Hall–Kier alpha value is -0.870. The molecule has 0 aliphatic carbocycles. The molecule has 2 rings (SSSR count). The van der Waals surface area contributed by atoms with E-state index in [2.05, 4.69) is 46.2 Å². The van der Waals surface area contributed by atoms with Gasteiger partial charge in [-0.25, -0.2) is 0 Å². The van der Waals surface area contributed by atoms with Crippen LogP contribution >= 0.6 is 0 Å². The van der Waals surface area contributed by atoms with Gasteiger partial charge in [-0.2, -0.15) is 5.10 Å². The predicted octanol–water partition coefficient (Wildman–Crippen LogP) is 2.91. The van der Waals surface area contributed by atoms with Crippen molar-refractivity contribution in [3.8, 4) is 0 Å². The predicted molar refractivity (Wildman–Crippen MR) is 82.0 cm³/mol. The number of aryl methyl sites for hydroxylation is 1. The summed E-state index contributed by atoms with van der Waals surface area (Å²) in [6, 6.07) is 0.437. The molecule has 114 valence electrons. The van der Waals surface area contributed by atoms with Crippen molar-refractivity contribution in [2.24, 2.45) is 5.73 Å². The van der Waals surface area contributed by atoms with Gasteiger partial charge in [0.25, 0.3) is 0 Å². The summed E-state index contributed by atoms with van der Waals surface area (Å²) in [6.45, 7) is 14.9. The molecule has 0 saturated carbocycles. The average molecular weight is 279 g/mol. The third-order valence-electron chi connectivity index (χ3n) is 4.32. The van der Waals surface area contributed by atoms with E-state index >= 15 is 0 Å². The van der Waals surface area contributed by atoms with Crippen LogP contribution in [0.3, 0.4) is 0 Å². The van der Waals surface area contributed by atoms with E-state index in [0.717, 1.165) is 18.5 Å². The lowest BCUT2D eigenvalue weighted by atomic mass is 9.94. The van der Waals surface area contributed by atoms with Crippen molar-refractivity contribution < 1.29 is 4.74 Å². The van der Waals surface area contributed by atoms with Crippen LogP contribution in [-0.4, -0.2) is 27.0 Å². The fourth-order valence-electron chi connectivity index (χ4n) is 3.53. The summed E-state index contributed by atoms with van der Waals surface area (Å²) in [7, 11) is 0. The van der Waals surface area contributed by atoms with Crippen molar-refractivity contribution in [1.82, 2.24) is 9.78 Å². The smallest absolute Gasteiger partial charge is 0.0858 e. The molecule has 2 unspecified atom stereocenters. The van der Waals surface area contributed by atoms with Gasteiger partial charge in [0.05, 0.1) is 22.9 Å². The fraction of sp³-hybridized carbons (Fsp3) is 0.812. The van der Waals surface area contributed by atoms with Gasteiger partial charge < -0.3 is 10.5 Å². The Balaban J connectivity index is 2.39. The molecule has 0 spiro atoms. The first kappa shape index (κ1) is 15.5. The minimum absolute atomic E-state index is 0.0955. The molecule has 1 aromatic heterocycles. The molecule has 0 radical (unpaired) electrons. The molecular weight excluding hydrogens is 250 g/mol. The largest absolute Gasteiger partial charge is 0.367 e. The third kappa shape index (κ3) is 2.77. The van der Waals surface area contributed by atoms with E-state index in [-0.39, 0.29) is 23.3 Å². The summed E-state index contributed by atoms with van der Waals surface area (Å²) < 4.78 is 8.37. The Labute approximate surface area is 122 Å². The van der Waals surface area contributed by atoms with E-state index in [4.69, 9.17) is 15.6 Å². The zero-order valence-electron chi connectivity index (χ0n) is 13.9. The van der Waals surface area contributed by atoms with Gasteiger partial charge in [0.2, 0.25) is 0 Å². The lowest BCUT2D eigenvalue weighted by Gasteiger charge is -2.28. The highest BCUT2D eigenvalue weighted by atomic mass is 16.5. The Morgan fingerprint density at radius 1 is 1.35 bits per heavy atom. The zero-order valence-corrected chi connectivity index (χ0v) is 13.9. The van der Waals surface area contributed by atoms with Crippen LogP contribution in [0.25, 0.3) is 0 Å². The van der Waals surface area contributed by atoms with E-state index < -0.39 is 0 Å². The highest BCUT2D eigenvalue weighted by Crippen LogP contribution is 2.45. The van der Waals surface area contributed by atoms with Gasteiger partial charge in [0.1, 0.15) is 0 Å². The minimum atomic E-state index is -0.196. The van der Waals surface area contributed by atoms with E-state index in [1.807, 2.05) is 6.92 Å². The number of nitrogens with two attached hydrogens (primary N) is 1. The Bertz CT molecular complexity index is 500. The van der Waals surface area contributed by atoms with Crippen LogP contribution < -0.4 is 5.73 Å².